The molecule has 1 fully saturated rings. The Morgan fingerprint density at radius 3 is 2.36 bits per heavy atom. The maximum absolute atomic E-state index is 14.8. The van der Waals surface area contributed by atoms with E-state index >= 15 is 0 Å². The Kier molecular flexibility index (Phi) is 7.93. The summed E-state index contributed by atoms with van der Waals surface area (Å²) in [6, 6.07) is 7.15. The zero-order chi connectivity index (χ0) is 28.3. The predicted molar refractivity (Wildman–Crippen MR) is 140 cm³/mol. The minimum absolute atomic E-state index is 0.0493. The fraction of sp³-hybridized carbons (Fsp3) is 0.407. The van der Waals surface area contributed by atoms with E-state index in [0.29, 0.717) is 37.1 Å². The van der Waals surface area contributed by atoms with Gasteiger partial charge in [0.1, 0.15) is 17.1 Å². The lowest BCUT2D eigenvalue weighted by Gasteiger charge is -2.35. The van der Waals surface area contributed by atoms with Crippen molar-refractivity contribution >= 4 is 28.8 Å². The van der Waals surface area contributed by atoms with E-state index in [-0.39, 0.29) is 41.7 Å². The topological polar surface area (TPSA) is 129 Å². The van der Waals surface area contributed by atoms with Crippen LogP contribution in [0.3, 0.4) is 0 Å². The van der Waals surface area contributed by atoms with Gasteiger partial charge in [-0.15, -0.1) is 0 Å². The fourth-order valence-corrected chi connectivity index (χ4v) is 4.11. The third-order valence-corrected chi connectivity index (χ3v) is 6.10. The molecule has 2 aromatic carbocycles. The molecule has 3 amide bonds. The molecule has 0 spiro atoms. The van der Waals surface area contributed by atoms with Crippen LogP contribution in [0.25, 0.3) is 10.9 Å². The quantitative estimate of drug-likeness (QED) is 0.485. The molecule has 0 radical (unpaired) electrons. The zero-order valence-corrected chi connectivity index (χ0v) is 22.4. The SMILES string of the molecule is Cn1ncc2cc(C(N)=O)c(Oc3ccc(OCCC(=O)N4CCN(C(=O)OC(C)(C)C)CC4)cc3F)cc21. The molecule has 1 aromatic heterocycles. The standard InChI is InChI=1S/C27H32FN5O6/c1-27(2,3)39-26(36)33-10-8-32(9-11-33)24(34)7-12-37-18-5-6-22(20(28)14-18)38-23-15-21-17(16-30-31(21)4)13-19(23)25(29)35/h5-6,13-16H,7-12H2,1-4H3,(H2,29,35). The number of carbonyl (C=O) groups excluding carboxylic acids is 3. The Morgan fingerprint density at radius 2 is 1.72 bits per heavy atom. The Hall–Kier alpha value is -4.35. The molecular weight excluding hydrogens is 509 g/mol. The van der Waals surface area contributed by atoms with E-state index in [9.17, 15) is 18.8 Å². The maximum atomic E-state index is 14.8. The maximum Gasteiger partial charge on any atom is 0.410 e. The van der Waals surface area contributed by atoms with Crippen LogP contribution in [-0.4, -0.2) is 75.9 Å². The molecule has 0 saturated carbocycles. The van der Waals surface area contributed by atoms with Crippen LogP contribution in [0.2, 0.25) is 0 Å². The van der Waals surface area contributed by atoms with Crippen LogP contribution >= 0.6 is 0 Å². The van der Waals surface area contributed by atoms with Crippen LogP contribution in [0.1, 0.15) is 37.6 Å². The number of aryl methyl sites for hydroxylation is 1. The number of aromatic nitrogens is 2. The van der Waals surface area contributed by atoms with Crippen molar-refractivity contribution in [3.63, 3.8) is 0 Å². The van der Waals surface area contributed by atoms with Gasteiger partial charge in [-0.3, -0.25) is 14.3 Å². The van der Waals surface area contributed by atoms with Gasteiger partial charge in [-0.1, -0.05) is 0 Å². The molecule has 2 heterocycles. The molecule has 1 saturated heterocycles. The van der Waals surface area contributed by atoms with Gasteiger partial charge in [-0.25, -0.2) is 9.18 Å². The lowest BCUT2D eigenvalue weighted by molar-refractivity contribution is -0.133. The number of nitrogens with two attached hydrogens (primary N) is 1. The van der Waals surface area contributed by atoms with Gasteiger partial charge < -0.3 is 29.7 Å². The van der Waals surface area contributed by atoms with Gasteiger partial charge in [0.15, 0.2) is 11.6 Å². The third-order valence-electron chi connectivity index (χ3n) is 6.10. The summed E-state index contributed by atoms with van der Waals surface area (Å²) >= 11 is 0. The number of amides is 3. The summed E-state index contributed by atoms with van der Waals surface area (Å²) in [6.07, 6.45) is 1.29. The minimum Gasteiger partial charge on any atom is -0.493 e. The number of hydrogen-bond donors (Lipinski definition) is 1. The molecule has 1 aliphatic heterocycles. The number of primary amides is 1. The molecule has 0 bridgehead atoms. The normalized spacial score (nSPS) is 13.9. The summed E-state index contributed by atoms with van der Waals surface area (Å²) < 4.78 is 33.1. The second kappa shape index (κ2) is 11.2. The number of carbonyl (C=O) groups is 3. The number of piperazine rings is 1. The highest BCUT2D eigenvalue weighted by Crippen LogP contribution is 2.32. The number of ether oxygens (including phenoxy) is 3. The lowest BCUT2D eigenvalue weighted by atomic mass is 10.1. The number of fused-ring (bicyclic) bond motifs is 1. The highest BCUT2D eigenvalue weighted by atomic mass is 19.1. The predicted octanol–water partition coefficient (Wildman–Crippen LogP) is 3.45. The van der Waals surface area contributed by atoms with Gasteiger partial charge in [-0.2, -0.15) is 5.10 Å². The Bertz CT molecular complexity index is 1390. The van der Waals surface area contributed by atoms with Crippen molar-refractivity contribution in [2.75, 3.05) is 32.8 Å². The average molecular weight is 542 g/mol. The first-order valence-corrected chi connectivity index (χ1v) is 12.5. The molecule has 1 aliphatic rings. The minimum atomic E-state index is -0.716. The first kappa shape index (κ1) is 27.7. The van der Waals surface area contributed by atoms with Gasteiger partial charge >= 0.3 is 6.09 Å². The number of nitrogens with zero attached hydrogens (tertiary/aromatic N) is 4. The van der Waals surface area contributed by atoms with Crippen LogP contribution in [0.15, 0.2) is 36.5 Å². The zero-order valence-electron chi connectivity index (χ0n) is 22.4. The van der Waals surface area contributed by atoms with E-state index in [0.717, 1.165) is 6.07 Å². The van der Waals surface area contributed by atoms with E-state index < -0.39 is 23.4 Å². The van der Waals surface area contributed by atoms with Crippen LogP contribution in [0, 0.1) is 5.82 Å². The summed E-state index contributed by atoms with van der Waals surface area (Å²) in [6.45, 7) is 7.04. The van der Waals surface area contributed by atoms with Crippen LogP contribution in [0.5, 0.6) is 17.2 Å². The molecule has 11 nitrogen and oxygen atoms in total. The molecule has 0 unspecified atom stereocenters. The highest BCUT2D eigenvalue weighted by Gasteiger charge is 2.27. The first-order valence-electron chi connectivity index (χ1n) is 12.5. The van der Waals surface area contributed by atoms with E-state index in [2.05, 4.69) is 5.10 Å². The van der Waals surface area contributed by atoms with Gasteiger partial charge in [0.05, 0.1) is 30.3 Å². The monoisotopic (exact) mass is 541 g/mol. The second-order valence-electron chi connectivity index (χ2n) is 10.2. The Balaban J connectivity index is 1.30. The molecule has 208 valence electrons. The summed E-state index contributed by atoms with van der Waals surface area (Å²) in [5.74, 6) is -1.35. The molecule has 39 heavy (non-hydrogen) atoms. The largest absolute Gasteiger partial charge is 0.493 e. The number of rotatable bonds is 7. The van der Waals surface area contributed by atoms with Crippen molar-refractivity contribution in [3.8, 4) is 17.2 Å². The number of hydrogen-bond acceptors (Lipinski definition) is 7. The Morgan fingerprint density at radius 1 is 1.03 bits per heavy atom. The van der Waals surface area contributed by atoms with Crippen LogP contribution in [-0.2, 0) is 16.6 Å². The summed E-state index contributed by atoms with van der Waals surface area (Å²) in [4.78, 5) is 39.9. The van der Waals surface area contributed by atoms with Gasteiger partial charge in [0.2, 0.25) is 5.91 Å². The second-order valence-corrected chi connectivity index (χ2v) is 10.2. The average Bonchev–Trinajstić information content (AvgIpc) is 3.23. The molecule has 4 rings (SSSR count). The van der Waals surface area contributed by atoms with Crippen molar-refractivity contribution in [2.24, 2.45) is 12.8 Å². The van der Waals surface area contributed by atoms with Crippen molar-refractivity contribution in [1.29, 1.82) is 0 Å². The first-order chi connectivity index (χ1) is 18.4. The summed E-state index contributed by atoms with van der Waals surface area (Å²) in [7, 11) is 1.73. The van der Waals surface area contributed by atoms with Crippen molar-refractivity contribution in [3.05, 3.63) is 47.9 Å². The summed E-state index contributed by atoms with van der Waals surface area (Å²) in [5.41, 5.74) is 5.70. The molecular formula is C27H32FN5O6. The smallest absolute Gasteiger partial charge is 0.410 e. The van der Waals surface area contributed by atoms with E-state index in [1.807, 2.05) is 0 Å². The molecule has 3 aromatic rings. The summed E-state index contributed by atoms with van der Waals surface area (Å²) in [5, 5.41) is 4.83. The van der Waals surface area contributed by atoms with Crippen molar-refractivity contribution < 1.29 is 33.0 Å². The number of benzene rings is 2. The molecule has 0 aliphatic carbocycles. The lowest BCUT2D eigenvalue weighted by Crippen LogP contribution is -2.51. The molecule has 2 N–H and O–H groups in total. The van der Waals surface area contributed by atoms with Crippen LogP contribution < -0.4 is 15.2 Å². The third kappa shape index (κ3) is 6.75. The van der Waals surface area contributed by atoms with E-state index in [1.54, 1.807) is 60.6 Å². The van der Waals surface area contributed by atoms with Gasteiger partial charge in [0, 0.05) is 50.7 Å². The highest BCUT2D eigenvalue weighted by molar-refractivity contribution is 6.00. The molecule has 12 heteroatoms. The molecule has 0 atom stereocenters. The fourth-order valence-electron chi connectivity index (χ4n) is 4.11. The number of halogens is 1. The van der Waals surface area contributed by atoms with E-state index in [4.69, 9.17) is 19.9 Å². The van der Waals surface area contributed by atoms with Gasteiger partial charge in [0.25, 0.3) is 5.91 Å². The van der Waals surface area contributed by atoms with Crippen LogP contribution in [0.4, 0.5) is 9.18 Å². The van der Waals surface area contributed by atoms with Crippen molar-refractivity contribution in [1.82, 2.24) is 19.6 Å². The Labute approximate surface area is 225 Å². The van der Waals surface area contributed by atoms with Crippen molar-refractivity contribution in [2.45, 2.75) is 32.8 Å². The van der Waals surface area contributed by atoms with Gasteiger partial charge in [-0.05, 0) is 39.0 Å². The van der Waals surface area contributed by atoms with E-state index in [1.165, 1.54) is 12.1 Å².